The van der Waals surface area contributed by atoms with Crippen molar-refractivity contribution in [3.8, 4) is 0 Å². The van der Waals surface area contributed by atoms with Gasteiger partial charge in [-0.1, -0.05) is 167 Å². The van der Waals surface area contributed by atoms with Crippen LogP contribution in [0.4, 0.5) is 0 Å². The molecule has 0 unspecified atom stereocenters. The number of hydrogen-bond acceptors (Lipinski definition) is 20. The topological polar surface area (TPSA) is 373 Å². The van der Waals surface area contributed by atoms with Gasteiger partial charge in [-0.2, -0.15) is 0 Å². The summed E-state index contributed by atoms with van der Waals surface area (Å²) in [5.41, 5.74) is 0. The summed E-state index contributed by atoms with van der Waals surface area (Å²) in [5, 5.41) is 135. The molecule has 0 aromatic heterocycles. The fourth-order valence-corrected chi connectivity index (χ4v) is 10.6. The Labute approximate surface area is 473 Å². The zero-order valence-electron chi connectivity index (χ0n) is 47.9. The maximum absolute atomic E-state index is 13.3. The van der Waals surface area contributed by atoms with E-state index in [1.54, 1.807) is 6.08 Å². The lowest BCUT2D eigenvalue weighted by molar-refractivity contribution is -0.386. The van der Waals surface area contributed by atoms with Crippen LogP contribution >= 0.6 is 0 Å². The summed E-state index contributed by atoms with van der Waals surface area (Å²) in [5.74, 6) is -6.14. The average molecular weight is 1150 g/mol. The number of aliphatic carboxylic acids is 1. The van der Waals surface area contributed by atoms with E-state index < -0.39 is 155 Å². The number of carboxylic acid groups (broad SMARTS) is 1. The zero-order valence-corrected chi connectivity index (χ0v) is 47.9. The first-order chi connectivity index (χ1) is 38.4. The van der Waals surface area contributed by atoms with E-state index in [1.807, 2.05) is 6.08 Å². The second-order valence-electron chi connectivity index (χ2n) is 22.2. The fourth-order valence-electron chi connectivity index (χ4n) is 10.6. The summed E-state index contributed by atoms with van der Waals surface area (Å²) in [6, 6.07) is -2.61. The van der Waals surface area contributed by atoms with Crippen molar-refractivity contribution < 1.29 is 104 Å². The van der Waals surface area contributed by atoms with E-state index in [2.05, 4.69) is 24.5 Å². The van der Waals surface area contributed by atoms with E-state index in [9.17, 15) is 75.7 Å². The van der Waals surface area contributed by atoms with Gasteiger partial charge < -0.3 is 100 Å². The number of nitrogens with one attached hydrogen (secondary N) is 2. The molecule has 0 radical (unpaired) electrons. The summed E-state index contributed by atoms with van der Waals surface area (Å²) >= 11 is 0. The number of carbonyl (C=O) groups excluding carboxylic acids is 2. The van der Waals surface area contributed by atoms with Gasteiger partial charge in [-0.25, -0.2) is 4.79 Å². The predicted octanol–water partition coefficient (Wildman–Crippen LogP) is 2.39. The Balaban J connectivity index is 1.69. The van der Waals surface area contributed by atoms with Gasteiger partial charge in [-0.15, -0.1) is 0 Å². The fraction of sp³-hybridized carbons (Fsp3) is 0.912. The molecule has 3 heterocycles. The maximum atomic E-state index is 13.3. The molecule has 0 aromatic carbocycles. The van der Waals surface area contributed by atoms with Crippen LogP contribution in [0.25, 0.3) is 0 Å². The van der Waals surface area contributed by atoms with E-state index in [0.29, 0.717) is 12.8 Å². The summed E-state index contributed by atoms with van der Waals surface area (Å²) < 4.78 is 34.6. The molecule has 18 atom stereocenters. The Morgan fingerprint density at radius 1 is 0.650 bits per heavy atom. The normalized spacial score (nSPS) is 30.7. The molecule has 0 bridgehead atoms. The van der Waals surface area contributed by atoms with Gasteiger partial charge in [0.25, 0.3) is 5.79 Å². The van der Waals surface area contributed by atoms with Crippen LogP contribution < -0.4 is 10.6 Å². The average Bonchev–Trinajstić information content (AvgIpc) is 3.47. The molecule has 0 aromatic rings. The molecule has 3 aliphatic heterocycles. The first kappa shape index (κ1) is 71.7. The number of ether oxygens (including phenoxy) is 6. The van der Waals surface area contributed by atoms with Gasteiger partial charge in [-0.05, 0) is 19.3 Å². The van der Waals surface area contributed by atoms with Gasteiger partial charge >= 0.3 is 5.97 Å². The number of carboxylic acids is 1. The summed E-state index contributed by atoms with van der Waals surface area (Å²) in [6.45, 7) is 2.08. The molecule has 80 heavy (non-hydrogen) atoms. The molecule has 23 nitrogen and oxygen atoms in total. The van der Waals surface area contributed by atoms with E-state index in [4.69, 9.17) is 28.4 Å². The van der Waals surface area contributed by atoms with Gasteiger partial charge in [0.1, 0.15) is 67.1 Å². The molecule has 2 amide bonds. The number of allylic oxidation sites excluding steroid dienone is 1. The second kappa shape index (κ2) is 39.9. The number of aliphatic hydroxyl groups is 11. The van der Waals surface area contributed by atoms with Gasteiger partial charge in [0.2, 0.25) is 11.8 Å². The molecular formula is C57H104N2O21. The first-order valence-electron chi connectivity index (χ1n) is 30.1. The lowest BCUT2D eigenvalue weighted by Gasteiger charge is -2.50. The van der Waals surface area contributed by atoms with Gasteiger partial charge in [0.05, 0.1) is 50.7 Å². The van der Waals surface area contributed by atoms with Crippen LogP contribution in [0.3, 0.4) is 0 Å². The molecule has 3 rings (SSSR count). The summed E-state index contributed by atoms with van der Waals surface area (Å²) in [7, 11) is 0. The van der Waals surface area contributed by atoms with Gasteiger partial charge in [0, 0.05) is 19.8 Å². The number of unbranched alkanes of at least 4 members (excludes halogenated alkanes) is 23. The van der Waals surface area contributed by atoms with E-state index in [-0.39, 0.29) is 12.3 Å². The molecule has 3 saturated heterocycles. The Morgan fingerprint density at radius 2 is 1.16 bits per heavy atom. The van der Waals surface area contributed by atoms with Crippen molar-refractivity contribution in [2.24, 2.45) is 0 Å². The van der Waals surface area contributed by atoms with Crippen LogP contribution in [0, 0.1) is 0 Å². The second-order valence-corrected chi connectivity index (χ2v) is 22.2. The first-order valence-corrected chi connectivity index (χ1v) is 30.1. The lowest BCUT2D eigenvalue weighted by Crippen LogP contribution is -2.70. The minimum absolute atomic E-state index is 0.204. The van der Waals surface area contributed by atoms with Crippen molar-refractivity contribution in [3.05, 3.63) is 12.2 Å². The molecule has 3 aliphatic rings. The third kappa shape index (κ3) is 24.2. The lowest BCUT2D eigenvalue weighted by atomic mass is 9.88. The number of hydrogen-bond donors (Lipinski definition) is 14. The van der Waals surface area contributed by atoms with E-state index in [1.165, 1.54) is 103 Å². The minimum atomic E-state index is -3.08. The molecule has 3 fully saturated rings. The van der Waals surface area contributed by atoms with Crippen LogP contribution in [0.2, 0.25) is 0 Å². The highest BCUT2D eigenvalue weighted by atomic mass is 16.8. The molecule has 0 aliphatic carbocycles. The maximum Gasteiger partial charge on any atom is 0.364 e. The monoisotopic (exact) mass is 1150 g/mol. The van der Waals surface area contributed by atoms with E-state index >= 15 is 0 Å². The standard InChI is InChI=1S/C57H104N2O21/c1-4-6-8-10-12-14-16-18-20-22-24-26-28-30-39(64)38(59-44(67)31-29-27-25-23-21-19-17-15-13-11-9-7-5-2)36-75-54-49(71)48(70)51(43(35-62)77-54)78-55-50(72)53(47(69)42(34-61)76-55)80-57(56(73)74)32-40(65)45(58-37(3)63)52(79-57)46(68)41(66)33-60/h28,30,38-43,45-55,60-62,64-66,68-72H,4-27,29,31-36H2,1-3H3,(H,58,63)(H,59,67)(H,73,74)/b30-28+/t38-,39+,40-,41+,42+,43+,45+,46-,47-,48+,49+,50+,51+,52+,53-,54+,55-,57-/m0/s1. The van der Waals surface area contributed by atoms with Crippen molar-refractivity contribution in [2.75, 3.05) is 26.4 Å². The predicted molar refractivity (Wildman–Crippen MR) is 292 cm³/mol. The van der Waals surface area contributed by atoms with Crippen molar-refractivity contribution in [3.63, 3.8) is 0 Å². The smallest absolute Gasteiger partial charge is 0.364 e. The molecule has 14 N–H and O–H groups in total. The summed E-state index contributed by atoms with van der Waals surface area (Å²) in [4.78, 5) is 38.3. The van der Waals surface area contributed by atoms with Crippen molar-refractivity contribution >= 4 is 17.8 Å². The van der Waals surface area contributed by atoms with Crippen LogP contribution in [0.1, 0.15) is 194 Å². The molecule has 468 valence electrons. The van der Waals surface area contributed by atoms with Crippen molar-refractivity contribution in [1.29, 1.82) is 0 Å². The van der Waals surface area contributed by atoms with Gasteiger partial charge in [0.15, 0.2) is 12.6 Å². The number of carbonyl (C=O) groups is 3. The number of aliphatic hydroxyl groups excluding tert-OH is 11. The minimum Gasteiger partial charge on any atom is -0.477 e. The highest BCUT2D eigenvalue weighted by Gasteiger charge is 2.60. The van der Waals surface area contributed by atoms with Crippen molar-refractivity contribution in [2.45, 2.75) is 304 Å². The van der Waals surface area contributed by atoms with Gasteiger partial charge in [-0.3, -0.25) is 9.59 Å². The highest BCUT2D eigenvalue weighted by Crippen LogP contribution is 2.38. The van der Waals surface area contributed by atoms with Crippen LogP contribution in [0.15, 0.2) is 12.2 Å². The Kier molecular flexibility index (Phi) is 35.8. The highest BCUT2D eigenvalue weighted by molar-refractivity contribution is 5.77. The third-order valence-electron chi connectivity index (χ3n) is 15.5. The quantitative estimate of drug-likeness (QED) is 0.0308. The Hall–Kier alpha value is -2.53. The largest absolute Gasteiger partial charge is 0.477 e. The SMILES string of the molecule is CCCCCCCCCCCCC/C=C/[C@@H](O)[C@H](CO[C@@H]1O[C@H](CO)[C@@H](O[C@@H]2O[C@H](CO)[C@H](O)[C@H](O[C@]3(C(=O)O)C[C@H](O)[C@@H](NC(C)=O)[C@H]([C@@H](O)[C@H](O)CO)O3)[C@H]2O)[C@H](O)[C@H]1O)NC(=O)CCCCCCCCCCCCCCC. The van der Waals surface area contributed by atoms with Crippen LogP contribution in [-0.4, -0.2) is 215 Å². The van der Waals surface area contributed by atoms with E-state index in [0.717, 1.165) is 51.9 Å². The van der Waals surface area contributed by atoms with Crippen LogP contribution in [0.5, 0.6) is 0 Å². The summed E-state index contributed by atoms with van der Waals surface area (Å²) in [6.07, 6.45) is 2.84. The van der Waals surface area contributed by atoms with Crippen molar-refractivity contribution in [1.82, 2.24) is 10.6 Å². The molecule has 0 spiro atoms. The third-order valence-corrected chi connectivity index (χ3v) is 15.5. The Morgan fingerprint density at radius 3 is 1.66 bits per heavy atom. The molecular weight excluding hydrogens is 1050 g/mol. The zero-order chi connectivity index (χ0) is 59.0. The number of rotatable bonds is 43. The Bertz CT molecular complexity index is 1700. The molecule has 0 saturated carbocycles. The molecule has 23 heteroatoms. The van der Waals surface area contributed by atoms with Crippen LogP contribution in [-0.2, 0) is 42.8 Å². The number of amides is 2.